The zero-order valence-electron chi connectivity index (χ0n) is 13.2. The molecule has 1 atom stereocenters. The summed E-state index contributed by atoms with van der Waals surface area (Å²) in [7, 11) is 0. The number of alkyl halides is 7. The van der Waals surface area contributed by atoms with Crippen LogP contribution < -0.4 is 5.32 Å². The molecule has 0 aromatic heterocycles. The molecule has 26 heavy (non-hydrogen) atoms. The zero-order valence-corrected chi connectivity index (χ0v) is 13.2. The molecule has 0 aliphatic rings. The summed E-state index contributed by atoms with van der Waals surface area (Å²) in [6.45, 7) is 0.897. The highest BCUT2D eigenvalue weighted by Gasteiger charge is 2.73. The second-order valence-electron chi connectivity index (χ2n) is 5.12. The van der Waals surface area contributed by atoms with Crippen LogP contribution in [0.3, 0.4) is 0 Å². The SMILES string of the molecule is CCOC(=O)C(CC(F)(F)C(F)(F)C(F)(F)F)NC(=O)c1ccccc1. The van der Waals surface area contributed by atoms with Crippen molar-refractivity contribution in [2.45, 2.75) is 37.4 Å². The maximum Gasteiger partial charge on any atom is 0.459 e. The third-order valence-electron chi connectivity index (χ3n) is 3.19. The van der Waals surface area contributed by atoms with Crippen molar-refractivity contribution in [3.63, 3.8) is 0 Å². The Morgan fingerprint density at radius 1 is 1.04 bits per heavy atom. The van der Waals surface area contributed by atoms with Gasteiger partial charge in [-0.2, -0.15) is 30.7 Å². The molecule has 11 heteroatoms. The molecule has 0 spiro atoms. The first-order chi connectivity index (χ1) is 11.8. The number of benzene rings is 1. The summed E-state index contributed by atoms with van der Waals surface area (Å²) in [5, 5.41) is 1.70. The number of hydrogen-bond acceptors (Lipinski definition) is 3. The Morgan fingerprint density at radius 2 is 1.58 bits per heavy atom. The van der Waals surface area contributed by atoms with Gasteiger partial charge in [0.1, 0.15) is 6.04 Å². The van der Waals surface area contributed by atoms with Crippen LogP contribution in [-0.2, 0) is 9.53 Å². The Labute approximate surface area is 143 Å². The predicted molar refractivity (Wildman–Crippen MR) is 74.9 cm³/mol. The van der Waals surface area contributed by atoms with Gasteiger partial charge in [-0.15, -0.1) is 0 Å². The van der Waals surface area contributed by atoms with E-state index in [1.54, 1.807) is 5.32 Å². The molecule has 0 aliphatic carbocycles. The molecule has 0 radical (unpaired) electrons. The number of ether oxygens (including phenoxy) is 1. The van der Waals surface area contributed by atoms with Crippen LogP contribution in [0.4, 0.5) is 30.7 Å². The first kappa shape index (κ1) is 21.7. The number of hydrogen-bond donors (Lipinski definition) is 1. The number of carbonyl (C=O) groups excluding carboxylic acids is 2. The minimum Gasteiger partial charge on any atom is -0.464 e. The topological polar surface area (TPSA) is 55.4 Å². The van der Waals surface area contributed by atoms with Gasteiger partial charge in [-0.25, -0.2) is 4.79 Å². The summed E-state index contributed by atoms with van der Waals surface area (Å²) < 4.78 is 94.3. The molecule has 146 valence electrons. The normalized spacial score (nSPS) is 13.8. The summed E-state index contributed by atoms with van der Waals surface area (Å²) in [4.78, 5) is 23.6. The maximum absolute atomic E-state index is 13.6. The van der Waals surface area contributed by atoms with Gasteiger partial charge < -0.3 is 10.1 Å². The number of esters is 1. The molecule has 0 saturated heterocycles. The fraction of sp³-hybridized carbons (Fsp3) is 0.467. The lowest BCUT2D eigenvalue weighted by atomic mass is 10.0. The standard InChI is InChI=1S/C15H14F7NO3/c1-2-26-12(25)10(23-11(24)9-6-4-3-5-7-9)8-13(16,17)14(18,19)15(20,21)22/h3-7,10H,2,8H2,1H3,(H,23,24). The molecule has 1 rings (SSSR count). The molecule has 1 aromatic carbocycles. The largest absolute Gasteiger partial charge is 0.464 e. The molecule has 1 aromatic rings. The highest BCUT2D eigenvalue weighted by molar-refractivity contribution is 5.96. The summed E-state index contributed by atoms with van der Waals surface area (Å²) in [5.41, 5.74) is -0.118. The second-order valence-corrected chi connectivity index (χ2v) is 5.12. The average Bonchev–Trinajstić information content (AvgIpc) is 2.53. The smallest absolute Gasteiger partial charge is 0.459 e. The predicted octanol–water partition coefficient (Wildman–Crippen LogP) is 3.57. The second kappa shape index (κ2) is 7.92. The number of carbonyl (C=O) groups is 2. The Morgan fingerprint density at radius 3 is 2.04 bits per heavy atom. The fourth-order valence-electron chi connectivity index (χ4n) is 1.86. The summed E-state index contributed by atoms with van der Waals surface area (Å²) in [6, 6.07) is 4.32. The van der Waals surface area contributed by atoms with E-state index in [9.17, 15) is 40.3 Å². The quantitative estimate of drug-likeness (QED) is 0.573. The summed E-state index contributed by atoms with van der Waals surface area (Å²) >= 11 is 0. The van der Waals surface area contributed by atoms with Crippen LogP contribution in [0.1, 0.15) is 23.7 Å². The lowest BCUT2D eigenvalue weighted by Crippen LogP contribution is -2.56. The minimum absolute atomic E-state index is 0.118. The van der Waals surface area contributed by atoms with Crippen molar-refractivity contribution in [3.05, 3.63) is 35.9 Å². The molecular weight excluding hydrogens is 375 g/mol. The van der Waals surface area contributed by atoms with Crippen LogP contribution in [0.2, 0.25) is 0 Å². The lowest BCUT2D eigenvalue weighted by Gasteiger charge is -2.30. The molecule has 4 nitrogen and oxygen atoms in total. The van der Waals surface area contributed by atoms with Crippen LogP contribution in [0.25, 0.3) is 0 Å². The highest BCUT2D eigenvalue weighted by atomic mass is 19.4. The van der Waals surface area contributed by atoms with E-state index >= 15 is 0 Å². The van der Waals surface area contributed by atoms with Crippen molar-refractivity contribution in [2.75, 3.05) is 6.61 Å². The molecule has 0 fully saturated rings. The number of amides is 1. The number of rotatable bonds is 7. The van der Waals surface area contributed by atoms with Crippen LogP contribution in [0, 0.1) is 0 Å². The third-order valence-corrected chi connectivity index (χ3v) is 3.19. The summed E-state index contributed by atoms with van der Waals surface area (Å²) in [5.74, 6) is -14.7. The average molecular weight is 389 g/mol. The molecular formula is C15H14F7NO3. The van der Waals surface area contributed by atoms with Gasteiger partial charge in [0.15, 0.2) is 0 Å². The lowest BCUT2D eigenvalue weighted by molar-refractivity contribution is -0.356. The van der Waals surface area contributed by atoms with Crippen LogP contribution in [0.15, 0.2) is 30.3 Å². The van der Waals surface area contributed by atoms with E-state index in [0.717, 1.165) is 0 Å². The molecule has 1 amide bonds. The van der Waals surface area contributed by atoms with Crippen molar-refractivity contribution >= 4 is 11.9 Å². The Balaban J connectivity index is 3.07. The zero-order chi connectivity index (χ0) is 20.2. The van der Waals surface area contributed by atoms with E-state index in [1.165, 1.54) is 37.3 Å². The van der Waals surface area contributed by atoms with E-state index in [-0.39, 0.29) is 12.2 Å². The fourth-order valence-corrected chi connectivity index (χ4v) is 1.86. The Kier molecular flexibility index (Phi) is 6.61. The maximum atomic E-state index is 13.6. The van der Waals surface area contributed by atoms with E-state index in [0.29, 0.717) is 0 Å². The van der Waals surface area contributed by atoms with Crippen LogP contribution in [0.5, 0.6) is 0 Å². The van der Waals surface area contributed by atoms with Gasteiger partial charge in [0.25, 0.3) is 5.91 Å². The van der Waals surface area contributed by atoms with Crippen molar-refractivity contribution in [1.29, 1.82) is 0 Å². The molecule has 1 N–H and O–H groups in total. The Bertz CT molecular complexity index is 632. The van der Waals surface area contributed by atoms with Crippen molar-refractivity contribution in [2.24, 2.45) is 0 Å². The van der Waals surface area contributed by atoms with Crippen molar-refractivity contribution < 1.29 is 45.1 Å². The molecule has 0 heterocycles. The van der Waals surface area contributed by atoms with Crippen LogP contribution in [-0.4, -0.2) is 42.5 Å². The number of nitrogens with one attached hydrogen (secondary N) is 1. The van der Waals surface area contributed by atoms with E-state index in [4.69, 9.17) is 0 Å². The van der Waals surface area contributed by atoms with Gasteiger partial charge in [-0.1, -0.05) is 18.2 Å². The minimum atomic E-state index is -6.54. The van der Waals surface area contributed by atoms with Crippen LogP contribution >= 0.6 is 0 Å². The van der Waals surface area contributed by atoms with Gasteiger partial charge in [0, 0.05) is 12.0 Å². The molecule has 0 saturated carbocycles. The van der Waals surface area contributed by atoms with Crippen molar-refractivity contribution in [1.82, 2.24) is 5.32 Å². The van der Waals surface area contributed by atoms with E-state index in [2.05, 4.69) is 4.74 Å². The molecule has 0 aliphatic heterocycles. The van der Waals surface area contributed by atoms with Gasteiger partial charge >= 0.3 is 24.0 Å². The first-order valence-corrected chi connectivity index (χ1v) is 7.18. The Hall–Kier alpha value is -2.33. The van der Waals surface area contributed by atoms with Gasteiger partial charge in [0.05, 0.1) is 6.61 Å². The third kappa shape index (κ3) is 4.85. The molecule has 1 unspecified atom stereocenters. The molecule has 0 bridgehead atoms. The van der Waals surface area contributed by atoms with E-state index in [1.807, 2.05) is 0 Å². The highest BCUT2D eigenvalue weighted by Crippen LogP contribution is 2.48. The van der Waals surface area contributed by atoms with Gasteiger partial charge in [-0.3, -0.25) is 4.79 Å². The summed E-state index contributed by atoms with van der Waals surface area (Å²) in [6.07, 6.45) is -8.84. The first-order valence-electron chi connectivity index (χ1n) is 7.18. The van der Waals surface area contributed by atoms with E-state index < -0.39 is 42.4 Å². The monoisotopic (exact) mass is 389 g/mol. The van der Waals surface area contributed by atoms with Gasteiger partial charge in [-0.05, 0) is 19.1 Å². The van der Waals surface area contributed by atoms with Crippen molar-refractivity contribution in [3.8, 4) is 0 Å². The number of halogens is 7. The van der Waals surface area contributed by atoms with Gasteiger partial charge in [0.2, 0.25) is 0 Å².